The molecule has 1 aromatic heterocycles. The number of fused-ring (bicyclic) bond motifs is 1. The number of likely N-dealkylation sites (tertiary alicyclic amines) is 1. The van der Waals surface area contributed by atoms with Crippen LogP contribution in [0.2, 0.25) is 0 Å². The van der Waals surface area contributed by atoms with Crippen molar-refractivity contribution < 1.29 is 13.2 Å². The largest absolute Gasteiger partial charge is 0.416 e. The molecule has 2 fully saturated rings. The highest BCUT2D eigenvalue weighted by Gasteiger charge is 2.38. The maximum Gasteiger partial charge on any atom is 0.416 e. The average Bonchev–Trinajstić information content (AvgIpc) is 3.22. The van der Waals surface area contributed by atoms with Crippen molar-refractivity contribution in [3.05, 3.63) is 41.6 Å². The van der Waals surface area contributed by atoms with Gasteiger partial charge in [0.1, 0.15) is 0 Å². The van der Waals surface area contributed by atoms with Crippen molar-refractivity contribution in [3.8, 4) is 11.3 Å². The normalized spacial score (nSPS) is 25.9. The van der Waals surface area contributed by atoms with Crippen LogP contribution in [-0.4, -0.2) is 34.2 Å². The minimum atomic E-state index is -4.32. The maximum atomic E-state index is 12.8. The number of nitrogens with two attached hydrogens (primary N) is 1. The molecule has 1 aliphatic carbocycles. The van der Waals surface area contributed by atoms with E-state index in [0.717, 1.165) is 55.0 Å². The molecule has 0 spiro atoms. The van der Waals surface area contributed by atoms with Gasteiger partial charge in [-0.25, -0.2) is 0 Å². The highest BCUT2D eigenvalue weighted by atomic mass is 35.5. The van der Waals surface area contributed by atoms with Gasteiger partial charge in [0, 0.05) is 31.2 Å². The molecule has 0 amide bonds. The van der Waals surface area contributed by atoms with E-state index in [4.69, 9.17) is 5.73 Å². The zero-order valence-electron chi connectivity index (χ0n) is 14.9. The van der Waals surface area contributed by atoms with Crippen molar-refractivity contribution in [1.82, 2.24) is 15.1 Å². The van der Waals surface area contributed by atoms with Crippen LogP contribution in [0.15, 0.2) is 30.5 Å². The van der Waals surface area contributed by atoms with Gasteiger partial charge < -0.3 is 5.73 Å². The van der Waals surface area contributed by atoms with Crippen LogP contribution in [0.3, 0.4) is 0 Å². The van der Waals surface area contributed by atoms with Gasteiger partial charge in [0.25, 0.3) is 0 Å². The van der Waals surface area contributed by atoms with Gasteiger partial charge in [0.2, 0.25) is 0 Å². The molecular weight excluding hydrogens is 377 g/mol. The SMILES string of the molecule is Cl.NC1CCCC2CN(Cc3cn[nH]c3-c3ccc(C(F)(F)F)cc3)CC12. The molecular formula is C19H24ClF3N4. The third-order valence-corrected chi connectivity index (χ3v) is 5.84. The Balaban J connectivity index is 0.00000210. The predicted octanol–water partition coefficient (Wildman–Crippen LogP) is 4.08. The number of aromatic amines is 1. The molecule has 0 bridgehead atoms. The van der Waals surface area contributed by atoms with Crippen molar-refractivity contribution in [2.45, 2.75) is 38.0 Å². The molecule has 3 atom stereocenters. The highest BCUT2D eigenvalue weighted by molar-refractivity contribution is 5.85. The third-order valence-electron chi connectivity index (χ3n) is 5.84. The highest BCUT2D eigenvalue weighted by Crippen LogP contribution is 2.37. The Morgan fingerprint density at radius 3 is 2.56 bits per heavy atom. The van der Waals surface area contributed by atoms with Crippen LogP contribution in [-0.2, 0) is 12.7 Å². The van der Waals surface area contributed by atoms with Crippen LogP contribution >= 0.6 is 12.4 Å². The number of alkyl halides is 3. The van der Waals surface area contributed by atoms with Crippen molar-refractivity contribution in [3.63, 3.8) is 0 Å². The van der Waals surface area contributed by atoms with Gasteiger partial charge in [0.15, 0.2) is 0 Å². The first-order valence-electron chi connectivity index (χ1n) is 9.09. The van der Waals surface area contributed by atoms with Crippen LogP contribution in [0, 0.1) is 11.8 Å². The fourth-order valence-corrected chi connectivity index (χ4v) is 4.49. The molecule has 148 valence electrons. The second kappa shape index (κ2) is 7.81. The molecule has 4 nitrogen and oxygen atoms in total. The summed E-state index contributed by atoms with van der Waals surface area (Å²) in [6.45, 7) is 2.77. The number of benzene rings is 1. The number of hydrogen-bond donors (Lipinski definition) is 2. The molecule has 2 heterocycles. The Labute approximate surface area is 162 Å². The summed E-state index contributed by atoms with van der Waals surface area (Å²) in [6.07, 6.45) is 1.01. The van der Waals surface area contributed by atoms with Crippen molar-refractivity contribution in [1.29, 1.82) is 0 Å². The summed E-state index contributed by atoms with van der Waals surface area (Å²) < 4.78 is 38.3. The first-order valence-corrected chi connectivity index (χ1v) is 9.09. The van der Waals surface area contributed by atoms with Gasteiger partial charge in [0.05, 0.1) is 17.5 Å². The van der Waals surface area contributed by atoms with E-state index < -0.39 is 11.7 Å². The van der Waals surface area contributed by atoms with E-state index in [1.54, 1.807) is 6.20 Å². The number of H-pyrrole nitrogens is 1. The molecule has 0 radical (unpaired) electrons. The second-order valence-electron chi connectivity index (χ2n) is 7.56. The molecule has 1 saturated heterocycles. The van der Waals surface area contributed by atoms with Crippen LogP contribution in [0.5, 0.6) is 0 Å². The van der Waals surface area contributed by atoms with Crippen molar-refractivity contribution >= 4 is 12.4 Å². The number of halogens is 4. The first-order chi connectivity index (χ1) is 12.4. The molecule has 2 aromatic rings. The summed E-state index contributed by atoms with van der Waals surface area (Å²) in [4.78, 5) is 2.40. The third kappa shape index (κ3) is 4.15. The zero-order valence-corrected chi connectivity index (χ0v) is 15.7. The molecule has 27 heavy (non-hydrogen) atoms. The van der Waals surface area contributed by atoms with E-state index in [2.05, 4.69) is 15.1 Å². The Hall–Kier alpha value is -1.57. The number of rotatable bonds is 3. The lowest BCUT2D eigenvalue weighted by Gasteiger charge is -2.29. The second-order valence-corrected chi connectivity index (χ2v) is 7.56. The molecule has 3 unspecified atom stereocenters. The zero-order chi connectivity index (χ0) is 18.3. The van der Waals surface area contributed by atoms with Gasteiger partial charge in [-0.1, -0.05) is 18.6 Å². The number of nitrogens with one attached hydrogen (secondary N) is 1. The number of aromatic nitrogens is 2. The van der Waals surface area contributed by atoms with E-state index in [9.17, 15) is 13.2 Å². The molecule has 4 rings (SSSR count). The molecule has 3 N–H and O–H groups in total. The molecule has 1 aliphatic heterocycles. The van der Waals surface area contributed by atoms with Gasteiger partial charge in [-0.3, -0.25) is 10.00 Å². The van der Waals surface area contributed by atoms with Crippen LogP contribution < -0.4 is 5.73 Å². The number of nitrogens with zero attached hydrogens (tertiary/aromatic N) is 2. The van der Waals surface area contributed by atoms with Gasteiger partial charge in [-0.2, -0.15) is 18.3 Å². The van der Waals surface area contributed by atoms with E-state index in [1.807, 2.05) is 0 Å². The summed E-state index contributed by atoms with van der Waals surface area (Å²) >= 11 is 0. The Morgan fingerprint density at radius 1 is 1.15 bits per heavy atom. The minimum Gasteiger partial charge on any atom is -0.327 e. The van der Waals surface area contributed by atoms with Gasteiger partial charge in [-0.15, -0.1) is 12.4 Å². The Bertz CT molecular complexity index is 759. The van der Waals surface area contributed by atoms with E-state index in [0.29, 0.717) is 11.8 Å². The summed E-state index contributed by atoms with van der Waals surface area (Å²) in [5.74, 6) is 1.23. The Morgan fingerprint density at radius 2 is 1.89 bits per heavy atom. The van der Waals surface area contributed by atoms with Crippen LogP contribution in [0.25, 0.3) is 11.3 Å². The van der Waals surface area contributed by atoms with Crippen LogP contribution in [0.1, 0.15) is 30.4 Å². The fraction of sp³-hybridized carbons (Fsp3) is 0.526. The lowest BCUT2D eigenvalue weighted by atomic mass is 9.78. The quantitative estimate of drug-likeness (QED) is 0.816. The van der Waals surface area contributed by atoms with Gasteiger partial charge in [-0.05, 0) is 42.4 Å². The smallest absolute Gasteiger partial charge is 0.327 e. The number of hydrogen-bond acceptors (Lipinski definition) is 3. The standard InChI is InChI=1S/C19H23F3N4.ClH/c20-19(21,22)15-6-4-12(5-7-15)18-14(8-24-25-18)10-26-9-13-2-1-3-17(23)16(13)11-26;/h4-8,13,16-17H,1-3,9-11,23H2,(H,24,25);1H. The lowest BCUT2D eigenvalue weighted by Crippen LogP contribution is -2.38. The summed E-state index contributed by atoms with van der Waals surface area (Å²) in [6, 6.07) is 5.52. The maximum absolute atomic E-state index is 12.8. The summed E-state index contributed by atoms with van der Waals surface area (Å²) in [7, 11) is 0. The Kier molecular flexibility index (Phi) is 5.84. The lowest BCUT2D eigenvalue weighted by molar-refractivity contribution is -0.137. The fourth-order valence-electron chi connectivity index (χ4n) is 4.49. The minimum absolute atomic E-state index is 0. The monoisotopic (exact) mass is 400 g/mol. The topological polar surface area (TPSA) is 57.9 Å². The summed E-state index contributed by atoms with van der Waals surface area (Å²) in [5.41, 5.74) is 8.17. The molecule has 2 aliphatic rings. The summed E-state index contributed by atoms with van der Waals surface area (Å²) in [5, 5.41) is 7.06. The van der Waals surface area contributed by atoms with E-state index in [1.165, 1.54) is 25.0 Å². The predicted molar refractivity (Wildman–Crippen MR) is 100 cm³/mol. The van der Waals surface area contributed by atoms with E-state index >= 15 is 0 Å². The average molecular weight is 401 g/mol. The first kappa shape index (κ1) is 20.2. The molecule has 8 heteroatoms. The van der Waals surface area contributed by atoms with Gasteiger partial charge >= 0.3 is 6.18 Å². The molecule has 1 saturated carbocycles. The van der Waals surface area contributed by atoms with Crippen molar-refractivity contribution in [2.24, 2.45) is 17.6 Å². The van der Waals surface area contributed by atoms with Crippen LogP contribution in [0.4, 0.5) is 13.2 Å². The van der Waals surface area contributed by atoms with E-state index in [-0.39, 0.29) is 18.4 Å². The molecule has 1 aromatic carbocycles. The van der Waals surface area contributed by atoms with Crippen molar-refractivity contribution in [2.75, 3.05) is 13.1 Å².